The van der Waals surface area contributed by atoms with E-state index in [1.54, 1.807) is 13.2 Å². The van der Waals surface area contributed by atoms with E-state index in [1.807, 2.05) is 48.5 Å². The molecule has 0 spiro atoms. The molecule has 1 saturated heterocycles. The number of methoxy groups -OCH3 is 1. The molecule has 0 atom stereocenters. The Morgan fingerprint density at radius 2 is 1.69 bits per heavy atom. The fraction of sp³-hybridized carbons (Fsp3) is 0.231. The molecular weight excluding hydrogens is 405 g/mol. The van der Waals surface area contributed by atoms with Crippen molar-refractivity contribution >= 4 is 11.6 Å². The van der Waals surface area contributed by atoms with E-state index in [-0.39, 0.29) is 17.5 Å². The lowest BCUT2D eigenvalue weighted by Gasteiger charge is -2.34. The van der Waals surface area contributed by atoms with Crippen LogP contribution in [0.2, 0.25) is 0 Å². The van der Waals surface area contributed by atoms with Crippen molar-refractivity contribution in [3.63, 3.8) is 0 Å². The van der Waals surface area contributed by atoms with Gasteiger partial charge in [-0.2, -0.15) is 5.26 Å². The van der Waals surface area contributed by atoms with Crippen LogP contribution in [0.3, 0.4) is 0 Å². The standard InChI is InChI=1S/C26H24FN3O2/c1-32-23-9-4-19(5-10-23)20-6-11-24(25(27)16-20)26(31)29-21-12-14-30(15-13-21)22-7-2-18(17-28)3-8-22/h2-11,16,21H,12-15H2,1H3,(H,29,31). The second-order valence-electron chi connectivity index (χ2n) is 7.82. The van der Waals surface area contributed by atoms with Gasteiger partial charge >= 0.3 is 0 Å². The molecule has 1 aliphatic heterocycles. The monoisotopic (exact) mass is 429 g/mol. The Bertz CT molecular complexity index is 1130. The van der Waals surface area contributed by atoms with Crippen LogP contribution in [0.5, 0.6) is 5.75 Å². The molecule has 1 amide bonds. The third-order valence-corrected chi connectivity index (χ3v) is 5.83. The van der Waals surface area contributed by atoms with Gasteiger partial charge in [-0.3, -0.25) is 4.79 Å². The predicted octanol–water partition coefficient (Wildman–Crippen LogP) is 4.77. The Hall–Kier alpha value is -3.85. The van der Waals surface area contributed by atoms with Crippen molar-refractivity contribution < 1.29 is 13.9 Å². The summed E-state index contributed by atoms with van der Waals surface area (Å²) in [5.41, 5.74) is 3.31. The summed E-state index contributed by atoms with van der Waals surface area (Å²) < 4.78 is 19.9. The van der Waals surface area contributed by atoms with Crippen LogP contribution in [-0.2, 0) is 0 Å². The molecule has 32 heavy (non-hydrogen) atoms. The van der Waals surface area contributed by atoms with E-state index in [4.69, 9.17) is 10.00 Å². The molecule has 1 heterocycles. The predicted molar refractivity (Wildman–Crippen MR) is 122 cm³/mol. The molecule has 5 nitrogen and oxygen atoms in total. The van der Waals surface area contributed by atoms with Crippen LogP contribution in [0.15, 0.2) is 66.7 Å². The number of anilines is 1. The first kappa shape index (κ1) is 21.4. The molecule has 3 aromatic carbocycles. The van der Waals surface area contributed by atoms with Crippen molar-refractivity contribution in [1.29, 1.82) is 5.26 Å². The van der Waals surface area contributed by atoms with Crippen molar-refractivity contribution in [2.24, 2.45) is 0 Å². The molecule has 0 bridgehead atoms. The molecule has 4 rings (SSSR count). The number of hydrogen-bond acceptors (Lipinski definition) is 4. The molecule has 0 unspecified atom stereocenters. The number of nitriles is 1. The van der Waals surface area contributed by atoms with Crippen LogP contribution < -0.4 is 15.0 Å². The van der Waals surface area contributed by atoms with E-state index >= 15 is 0 Å². The van der Waals surface area contributed by atoms with Gasteiger partial charge in [0.05, 0.1) is 24.3 Å². The minimum atomic E-state index is -0.536. The van der Waals surface area contributed by atoms with Crippen LogP contribution in [-0.4, -0.2) is 32.1 Å². The Labute approximate surface area is 187 Å². The van der Waals surface area contributed by atoms with Crippen LogP contribution in [0.4, 0.5) is 10.1 Å². The summed E-state index contributed by atoms with van der Waals surface area (Å²) in [5.74, 6) is -0.193. The highest BCUT2D eigenvalue weighted by Gasteiger charge is 2.22. The Balaban J connectivity index is 1.36. The lowest BCUT2D eigenvalue weighted by molar-refractivity contribution is 0.0927. The molecule has 1 N–H and O–H groups in total. The Morgan fingerprint density at radius 3 is 2.28 bits per heavy atom. The number of rotatable bonds is 5. The van der Waals surface area contributed by atoms with Gasteiger partial charge in [-0.25, -0.2) is 4.39 Å². The van der Waals surface area contributed by atoms with Gasteiger partial charge in [0.15, 0.2) is 0 Å². The fourth-order valence-electron chi connectivity index (χ4n) is 3.95. The summed E-state index contributed by atoms with van der Waals surface area (Å²) in [7, 11) is 1.60. The number of benzene rings is 3. The highest BCUT2D eigenvalue weighted by molar-refractivity contribution is 5.95. The van der Waals surface area contributed by atoms with E-state index in [1.165, 1.54) is 12.1 Å². The molecule has 0 saturated carbocycles. The SMILES string of the molecule is COc1ccc(-c2ccc(C(=O)NC3CCN(c4ccc(C#N)cc4)CC3)c(F)c2)cc1. The summed E-state index contributed by atoms with van der Waals surface area (Å²) in [6.07, 6.45) is 1.55. The van der Waals surface area contributed by atoms with Crippen molar-refractivity contribution in [1.82, 2.24) is 5.32 Å². The van der Waals surface area contributed by atoms with E-state index in [0.717, 1.165) is 42.9 Å². The first-order valence-corrected chi connectivity index (χ1v) is 10.6. The average molecular weight is 429 g/mol. The van der Waals surface area contributed by atoms with Crippen molar-refractivity contribution in [2.45, 2.75) is 18.9 Å². The van der Waals surface area contributed by atoms with Gasteiger partial charge in [0.1, 0.15) is 11.6 Å². The maximum Gasteiger partial charge on any atom is 0.254 e. The zero-order valence-corrected chi connectivity index (χ0v) is 17.8. The summed E-state index contributed by atoms with van der Waals surface area (Å²) in [6.45, 7) is 1.57. The minimum absolute atomic E-state index is 0.00204. The normalized spacial score (nSPS) is 14.0. The minimum Gasteiger partial charge on any atom is -0.497 e. The largest absolute Gasteiger partial charge is 0.497 e. The maximum atomic E-state index is 14.7. The third kappa shape index (κ3) is 4.73. The fourth-order valence-corrected chi connectivity index (χ4v) is 3.95. The van der Waals surface area contributed by atoms with E-state index in [0.29, 0.717) is 11.1 Å². The number of nitrogens with one attached hydrogen (secondary N) is 1. The van der Waals surface area contributed by atoms with E-state index < -0.39 is 5.82 Å². The van der Waals surface area contributed by atoms with E-state index in [9.17, 15) is 9.18 Å². The Kier molecular flexibility index (Phi) is 6.37. The first-order valence-electron chi connectivity index (χ1n) is 10.6. The zero-order chi connectivity index (χ0) is 22.5. The van der Waals surface area contributed by atoms with Crippen molar-refractivity contribution in [3.8, 4) is 22.9 Å². The average Bonchev–Trinajstić information content (AvgIpc) is 2.84. The summed E-state index contributed by atoms with van der Waals surface area (Å²) in [4.78, 5) is 14.9. The highest BCUT2D eigenvalue weighted by Crippen LogP contribution is 2.25. The summed E-state index contributed by atoms with van der Waals surface area (Å²) in [6, 6.07) is 21.7. The van der Waals surface area contributed by atoms with Gasteiger partial charge in [0.2, 0.25) is 0 Å². The maximum absolute atomic E-state index is 14.7. The quantitative estimate of drug-likeness (QED) is 0.634. The van der Waals surface area contributed by atoms with Gasteiger partial charge in [0.25, 0.3) is 5.91 Å². The molecule has 0 aliphatic carbocycles. The number of carbonyl (C=O) groups is 1. The topological polar surface area (TPSA) is 65.4 Å². The highest BCUT2D eigenvalue weighted by atomic mass is 19.1. The molecule has 3 aromatic rings. The smallest absolute Gasteiger partial charge is 0.254 e. The molecule has 1 fully saturated rings. The van der Waals surface area contributed by atoms with Gasteiger partial charge in [-0.05, 0) is 72.5 Å². The van der Waals surface area contributed by atoms with Crippen LogP contribution in [0, 0.1) is 17.1 Å². The number of carbonyl (C=O) groups excluding carboxylic acids is 1. The van der Waals surface area contributed by atoms with Crippen LogP contribution in [0.25, 0.3) is 11.1 Å². The van der Waals surface area contributed by atoms with Gasteiger partial charge < -0.3 is 15.0 Å². The van der Waals surface area contributed by atoms with Crippen molar-refractivity contribution in [3.05, 3.63) is 83.7 Å². The number of amides is 1. The lowest BCUT2D eigenvalue weighted by Crippen LogP contribution is -2.44. The lowest BCUT2D eigenvalue weighted by atomic mass is 10.0. The van der Waals surface area contributed by atoms with Crippen LogP contribution in [0.1, 0.15) is 28.8 Å². The van der Waals surface area contributed by atoms with Crippen molar-refractivity contribution in [2.75, 3.05) is 25.1 Å². The third-order valence-electron chi connectivity index (χ3n) is 5.83. The number of hydrogen-bond donors (Lipinski definition) is 1. The number of halogens is 1. The Morgan fingerprint density at radius 1 is 1.03 bits per heavy atom. The van der Waals surface area contributed by atoms with E-state index in [2.05, 4.69) is 16.3 Å². The van der Waals surface area contributed by atoms with Gasteiger partial charge in [0, 0.05) is 24.8 Å². The zero-order valence-electron chi connectivity index (χ0n) is 17.8. The molecule has 6 heteroatoms. The molecule has 0 aromatic heterocycles. The second-order valence-corrected chi connectivity index (χ2v) is 7.82. The summed E-state index contributed by atoms with van der Waals surface area (Å²) >= 11 is 0. The number of piperidine rings is 1. The molecule has 0 radical (unpaired) electrons. The number of nitrogens with zero attached hydrogens (tertiary/aromatic N) is 2. The van der Waals surface area contributed by atoms with Gasteiger partial charge in [-0.1, -0.05) is 18.2 Å². The molecular formula is C26H24FN3O2. The second kappa shape index (κ2) is 9.52. The first-order chi connectivity index (χ1) is 15.6. The molecule has 162 valence electrons. The number of ether oxygens (including phenoxy) is 1. The summed E-state index contributed by atoms with van der Waals surface area (Å²) in [5, 5.41) is 11.9. The molecule has 1 aliphatic rings. The van der Waals surface area contributed by atoms with Gasteiger partial charge in [-0.15, -0.1) is 0 Å². The van der Waals surface area contributed by atoms with Crippen LogP contribution >= 0.6 is 0 Å².